The third kappa shape index (κ3) is 4.72. The number of hydrogen-bond acceptors (Lipinski definition) is 9. The van der Waals surface area contributed by atoms with Crippen LogP contribution in [0.25, 0.3) is 6.08 Å². The number of esters is 1. The number of amidine groups is 3. The van der Waals surface area contributed by atoms with Gasteiger partial charge in [-0.05, 0) is 73.9 Å². The number of thioether (sulfide) groups is 1. The van der Waals surface area contributed by atoms with Gasteiger partial charge in [-0.1, -0.05) is 6.07 Å². The molecule has 1 saturated heterocycles. The van der Waals surface area contributed by atoms with Crippen molar-refractivity contribution in [2.45, 2.75) is 26.2 Å². The van der Waals surface area contributed by atoms with Crippen LogP contribution >= 0.6 is 11.8 Å². The zero-order chi connectivity index (χ0) is 24.4. The molecule has 0 bridgehead atoms. The summed E-state index contributed by atoms with van der Waals surface area (Å²) in [5.74, 6) is -0.583. The molecule has 1 amide bonds. The first-order valence-corrected chi connectivity index (χ1v) is 12.1. The number of furan rings is 1. The van der Waals surface area contributed by atoms with Crippen molar-refractivity contribution in [3.05, 3.63) is 53.5 Å². The highest BCUT2D eigenvalue weighted by Gasteiger charge is 2.37. The minimum atomic E-state index is -0.651. The average Bonchev–Trinajstić information content (AvgIpc) is 3.55. The Morgan fingerprint density at radius 3 is 2.77 bits per heavy atom. The largest absolute Gasteiger partial charge is 0.490 e. The number of nitrogens with one attached hydrogen (secondary N) is 1. The summed E-state index contributed by atoms with van der Waals surface area (Å²) >= 11 is 1.32. The van der Waals surface area contributed by atoms with E-state index in [0.717, 1.165) is 31.1 Å². The minimum Gasteiger partial charge on any atom is -0.490 e. The molecule has 0 atom stereocenters. The number of ether oxygens (including phenoxy) is 2. The van der Waals surface area contributed by atoms with Crippen molar-refractivity contribution in [3.8, 4) is 11.5 Å². The summed E-state index contributed by atoms with van der Waals surface area (Å²) in [7, 11) is 0. The smallest absolute Gasteiger partial charge is 0.379 e. The van der Waals surface area contributed by atoms with Gasteiger partial charge in [0.2, 0.25) is 10.9 Å². The lowest BCUT2D eigenvalue weighted by Gasteiger charge is -2.26. The highest BCUT2D eigenvalue weighted by atomic mass is 32.2. The van der Waals surface area contributed by atoms with Crippen LogP contribution in [-0.2, 0) is 4.79 Å². The van der Waals surface area contributed by atoms with Gasteiger partial charge in [0.25, 0.3) is 5.91 Å². The lowest BCUT2D eigenvalue weighted by molar-refractivity contribution is -0.114. The van der Waals surface area contributed by atoms with Crippen molar-refractivity contribution >= 4 is 45.9 Å². The normalized spacial score (nSPS) is 18.9. The Hall–Kier alpha value is -3.86. The number of rotatable bonds is 5. The molecule has 35 heavy (non-hydrogen) atoms. The molecule has 11 heteroatoms. The van der Waals surface area contributed by atoms with Gasteiger partial charge in [0.15, 0.2) is 22.5 Å². The second-order valence-corrected chi connectivity index (χ2v) is 8.89. The van der Waals surface area contributed by atoms with Gasteiger partial charge in [-0.2, -0.15) is 10.0 Å². The number of hydrazone groups is 1. The monoisotopic (exact) mass is 493 g/mol. The van der Waals surface area contributed by atoms with E-state index in [1.54, 1.807) is 30.3 Å². The van der Waals surface area contributed by atoms with E-state index >= 15 is 0 Å². The molecule has 0 spiro atoms. The number of hydrogen-bond donors (Lipinski definition) is 1. The number of benzene rings is 1. The molecular formula is C24H23N5O5S. The maximum absolute atomic E-state index is 12.8. The summed E-state index contributed by atoms with van der Waals surface area (Å²) in [5, 5.41) is 15.7. The Balaban J connectivity index is 1.39. The van der Waals surface area contributed by atoms with Crippen LogP contribution in [0.1, 0.15) is 42.3 Å². The van der Waals surface area contributed by atoms with Crippen LogP contribution in [0.3, 0.4) is 0 Å². The first-order valence-electron chi connectivity index (χ1n) is 11.3. The molecule has 1 aromatic heterocycles. The zero-order valence-corrected chi connectivity index (χ0v) is 19.8. The predicted octanol–water partition coefficient (Wildman–Crippen LogP) is 3.96. The fourth-order valence-corrected chi connectivity index (χ4v) is 4.82. The van der Waals surface area contributed by atoms with E-state index in [1.165, 1.54) is 35.5 Å². The quantitative estimate of drug-likeness (QED) is 0.377. The summed E-state index contributed by atoms with van der Waals surface area (Å²) in [6.07, 6.45) is 6.35. The molecule has 1 N–H and O–H groups in total. The van der Waals surface area contributed by atoms with E-state index < -0.39 is 11.9 Å². The molecule has 180 valence electrons. The second-order valence-electron chi connectivity index (χ2n) is 7.96. The van der Waals surface area contributed by atoms with Gasteiger partial charge in [-0.15, -0.1) is 5.10 Å². The number of carbonyl (C=O) groups is 2. The number of carbonyl (C=O) groups excluding carboxylic acids is 2. The van der Waals surface area contributed by atoms with Crippen molar-refractivity contribution in [2.24, 2.45) is 10.1 Å². The maximum atomic E-state index is 12.8. The van der Waals surface area contributed by atoms with E-state index in [-0.39, 0.29) is 22.9 Å². The van der Waals surface area contributed by atoms with Gasteiger partial charge >= 0.3 is 5.97 Å². The van der Waals surface area contributed by atoms with Crippen molar-refractivity contribution in [1.82, 2.24) is 9.91 Å². The maximum Gasteiger partial charge on any atom is 0.379 e. The molecule has 3 aliphatic rings. The average molecular weight is 494 g/mol. The standard InChI is InChI=1S/C24H23N5O5S/c1-2-32-19-14-15(8-9-17(19)34-22(31)18-7-6-12-33-18)13-16-20(25)29-23(26-21(16)30)35-24(27-29)28-10-4-3-5-11-28/h6-9,12-14,25H,2-5,10-11H2,1H3/b16-13-,25-20?. The van der Waals surface area contributed by atoms with Crippen molar-refractivity contribution < 1.29 is 23.5 Å². The lowest BCUT2D eigenvalue weighted by Crippen LogP contribution is -2.35. The van der Waals surface area contributed by atoms with Crippen LogP contribution in [0, 0.1) is 5.41 Å². The summed E-state index contributed by atoms with van der Waals surface area (Å²) in [6.45, 7) is 3.97. The first kappa shape index (κ1) is 22.9. The fraction of sp³-hybridized carbons (Fsp3) is 0.292. The summed E-state index contributed by atoms with van der Waals surface area (Å²) in [5.41, 5.74) is 0.700. The van der Waals surface area contributed by atoms with Crippen molar-refractivity contribution in [2.75, 3.05) is 19.7 Å². The van der Waals surface area contributed by atoms with Gasteiger partial charge in [-0.25, -0.2) is 4.79 Å². The molecule has 2 aromatic rings. The predicted molar refractivity (Wildman–Crippen MR) is 132 cm³/mol. The number of fused-ring (bicyclic) bond motifs is 1. The third-order valence-corrected chi connectivity index (χ3v) is 6.54. The molecular weight excluding hydrogens is 470 g/mol. The van der Waals surface area contributed by atoms with Gasteiger partial charge in [0.1, 0.15) is 0 Å². The van der Waals surface area contributed by atoms with Gasteiger partial charge in [0, 0.05) is 13.1 Å². The minimum absolute atomic E-state index is 0.0363. The zero-order valence-electron chi connectivity index (χ0n) is 19.0. The Labute approximate surface area is 205 Å². The van der Waals surface area contributed by atoms with E-state index in [9.17, 15) is 9.59 Å². The first-order chi connectivity index (χ1) is 17.0. The number of likely N-dealkylation sites (tertiary alicyclic amines) is 1. The Bertz CT molecular complexity index is 1260. The molecule has 10 nitrogen and oxygen atoms in total. The topological polar surface area (TPSA) is 121 Å². The Kier molecular flexibility index (Phi) is 6.41. The molecule has 1 fully saturated rings. The van der Waals surface area contributed by atoms with Crippen LogP contribution in [0.5, 0.6) is 11.5 Å². The number of aliphatic imine (C=N–C) groups is 1. The number of amides is 1. The fourth-order valence-electron chi connectivity index (χ4n) is 3.87. The third-order valence-electron chi connectivity index (χ3n) is 5.57. The van der Waals surface area contributed by atoms with Crippen molar-refractivity contribution in [3.63, 3.8) is 0 Å². The summed E-state index contributed by atoms with van der Waals surface area (Å²) < 4.78 is 16.1. The summed E-state index contributed by atoms with van der Waals surface area (Å²) in [6, 6.07) is 7.98. The van der Waals surface area contributed by atoms with Gasteiger partial charge in [-0.3, -0.25) is 10.2 Å². The highest BCUT2D eigenvalue weighted by molar-refractivity contribution is 8.26. The second kappa shape index (κ2) is 9.79. The highest BCUT2D eigenvalue weighted by Crippen LogP contribution is 2.33. The molecule has 4 heterocycles. The van der Waals surface area contributed by atoms with E-state index in [4.69, 9.17) is 19.3 Å². The molecule has 0 unspecified atom stereocenters. The van der Waals surface area contributed by atoms with Crippen molar-refractivity contribution in [1.29, 1.82) is 5.41 Å². The van der Waals surface area contributed by atoms with E-state index in [1.807, 2.05) is 6.92 Å². The lowest BCUT2D eigenvalue weighted by atomic mass is 10.1. The van der Waals surface area contributed by atoms with E-state index in [2.05, 4.69) is 15.0 Å². The van der Waals surface area contributed by atoms with Crippen LogP contribution < -0.4 is 9.47 Å². The van der Waals surface area contributed by atoms with Crippen LogP contribution in [0.2, 0.25) is 0 Å². The molecule has 0 radical (unpaired) electrons. The summed E-state index contributed by atoms with van der Waals surface area (Å²) in [4.78, 5) is 31.4. The molecule has 5 rings (SSSR count). The molecule has 1 aromatic carbocycles. The SMILES string of the molecule is CCOc1cc(/C=C2/C(=N)N3N=C(N4CCCCC4)SC3=NC2=O)ccc1OC(=O)c1ccco1. The van der Waals surface area contributed by atoms with Crippen LogP contribution in [-0.4, -0.2) is 57.7 Å². The number of nitrogens with zero attached hydrogens (tertiary/aromatic N) is 4. The van der Waals surface area contributed by atoms with Gasteiger partial charge in [0.05, 0.1) is 18.4 Å². The number of piperidine rings is 1. The van der Waals surface area contributed by atoms with E-state index in [0.29, 0.717) is 23.1 Å². The molecule has 3 aliphatic heterocycles. The molecule has 0 aliphatic carbocycles. The van der Waals surface area contributed by atoms with Crippen LogP contribution in [0.4, 0.5) is 0 Å². The molecule has 0 saturated carbocycles. The Morgan fingerprint density at radius 2 is 2.03 bits per heavy atom. The Morgan fingerprint density at radius 1 is 1.20 bits per heavy atom. The van der Waals surface area contributed by atoms with Crippen LogP contribution in [0.15, 0.2) is 56.7 Å². The van der Waals surface area contributed by atoms with Gasteiger partial charge < -0.3 is 18.8 Å².